The molecular weight excluding hydrogens is 316 g/mol. The maximum absolute atomic E-state index is 12.1. The first-order valence-corrected chi connectivity index (χ1v) is 9.42. The van der Waals surface area contributed by atoms with Crippen molar-refractivity contribution in [3.63, 3.8) is 0 Å². The monoisotopic (exact) mass is 340 g/mol. The number of anilines is 1. The van der Waals surface area contributed by atoms with Crippen molar-refractivity contribution < 1.29 is 13.2 Å². The Morgan fingerprint density at radius 3 is 2.70 bits per heavy atom. The van der Waals surface area contributed by atoms with Crippen LogP contribution in [0.3, 0.4) is 0 Å². The molecule has 1 aliphatic rings. The van der Waals surface area contributed by atoms with E-state index in [0.29, 0.717) is 18.5 Å². The predicted molar refractivity (Wildman–Crippen MR) is 90.6 cm³/mol. The Morgan fingerprint density at radius 1 is 1.35 bits per heavy atom. The number of hydrogen-bond donors (Lipinski definition) is 1. The molecule has 0 saturated carbocycles. The van der Waals surface area contributed by atoms with Crippen molar-refractivity contribution in [2.75, 3.05) is 50.6 Å². The van der Waals surface area contributed by atoms with Crippen LogP contribution < -0.4 is 10.2 Å². The molecule has 128 valence electrons. The smallest absolute Gasteiger partial charge is 0.252 e. The largest absolute Gasteiger partial charge is 0.369 e. The maximum atomic E-state index is 12.1. The molecule has 2 rings (SSSR count). The molecule has 1 atom stereocenters. The molecule has 0 aromatic carbocycles. The number of likely N-dealkylation sites (N-methyl/N-ethyl adjacent to an activating group) is 1. The number of carbonyl (C=O) groups excluding carboxylic acids is 1. The third-order valence-electron chi connectivity index (χ3n) is 3.99. The predicted octanol–water partition coefficient (Wildman–Crippen LogP) is -0.00370. The Morgan fingerprint density at radius 2 is 2.09 bits per heavy atom. The highest BCUT2D eigenvalue weighted by molar-refractivity contribution is 7.91. The molecular formula is C15H24N4O3S. The minimum atomic E-state index is -2.94. The summed E-state index contributed by atoms with van der Waals surface area (Å²) in [6, 6.07) is 1.69. The molecule has 1 aromatic rings. The summed E-state index contributed by atoms with van der Waals surface area (Å²) < 4.78 is 23.2. The lowest BCUT2D eigenvalue weighted by atomic mass is 10.2. The second kappa shape index (κ2) is 7.27. The van der Waals surface area contributed by atoms with Crippen LogP contribution >= 0.6 is 0 Å². The van der Waals surface area contributed by atoms with Gasteiger partial charge in [-0.15, -0.1) is 0 Å². The Kier molecular flexibility index (Phi) is 5.59. The second-order valence-corrected chi connectivity index (χ2v) is 8.39. The van der Waals surface area contributed by atoms with Crippen molar-refractivity contribution in [1.29, 1.82) is 0 Å². The number of amides is 1. The lowest BCUT2D eigenvalue weighted by molar-refractivity contribution is 0.0950. The van der Waals surface area contributed by atoms with E-state index in [9.17, 15) is 13.2 Å². The number of sulfone groups is 1. The van der Waals surface area contributed by atoms with E-state index >= 15 is 0 Å². The number of rotatable bonds is 6. The summed E-state index contributed by atoms with van der Waals surface area (Å²) in [5, 5.41) is 2.84. The molecule has 2 heterocycles. The third kappa shape index (κ3) is 4.90. The van der Waals surface area contributed by atoms with Crippen LogP contribution in [0.15, 0.2) is 18.5 Å². The number of nitrogens with zero attached hydrogens (tertiary/aromatic N) is 3. The van der Waals surface area contributed by atoms with Gasteiger partial charge in [-0.3, -0.25) is 9.78 Å². The highest BCUT2D eigenvalue weighted by Gasteiger charge is 2.31. The van der Waals surface area contributed by atoms with Crippen LogP contribution in [0.5, 0.6) is 0 Å². The van der Waals surface area contributed by atoms with E-state index in [4.69, 9.17) is 0 Å². The van der Waals surface area contributed by atoms with Gasteiger partial charge in [0, 0.05) is 32.4 Å². The first-order chi connectivity index (χ1) is 10.8. The van der Waals surface area contributed by atoms with Crippen LogP contribution in [0.2, 0.25) is 0 Å². The molecule has 1 aromatic heterocycles. The van der Waals surface area contributed by atoms with E-state index in [-0.39, 0.29) is 23.5 Å². The van der Waals surface area contributed by atoms with Crippen molar-refractivity contribution in [3.05, 3.63) is 24.0 Å². The summed E-state index contributed by atoms with van der Waals surface area (Å²) in [4.78, 5) is 20.1. The van der Waals surface area contributed by atoms with E-state index in [1.807, 2.05) is 30.9 Å². The van der Waals surface area contributed by atoms with Crippen LogP contribution in [0, 0.1) is 0 Å². The van der Waals surface area contributed by atoms with Crippen molar-refractivity contribution in [2.45, 2.75) is 12.5 Å². The molecule has 8 heteroatoms. The molecule has 1 aliphatic heterocycles. The molecule has 1 unspecified atom stereocenters. The van der Waals surface area contributed by atoms with Gasteiger partial charge in [-0.2, -0.15) is 0 Å². The van der Waals surface area contributed by atoms with Crippen molar-refractivity contribution in [1.82, 2.24) is 15.2 Å². The fourth-order valence-electron chi connectivity index (χ4n) is 2.53. The molecule has 1 saturated heterocycles. The van der Waals surface area contributed by atoms with Gasteiger partial charge in [0.25, 0.3) is 5.91 Å². The lowest BCUT2D eigenvalue weighted by Crippen LogP contribution is -2.33. The average Bonchev–Trinajstić information content (AvgIpc) is 2.86. The van der Waals surface area contributed by atoms with E-state index in [1.165, 1.54) is 6.20 Å². The molecule has 0 spiro atoms. The Bertz CT molecular complexity index is 660. The first-order valence-electron chi connectivity index (χ1n) is 7.60. The molecule has 1 amide bonds. The minimum absolute atomic E-state index is 0.0612. The minimum Gasteiger partial charge on any atom is -0.369 e. The lowest BCUT2D eigenvalue weighted by Gasteiger charge is -2.25. The van der Waals surface area contributed by atoms with E-state index in [2.05, 4.69) is 10.3 Å². The first kappa shape index (κ1) is 17.7. The maximum Gasteiger partial charge on any atom is 0.252 e. The molecule has 0 aliphatic carbocycles. The van der Waals surface area contributed by atoms with Crippen LogP contribution in [0.4, 0.5) is 5.69 Å². The number of carbonyl (C=O) groups is 1. The van der Waals surface area contributed by atoms with E-state index in [0.717, 1.165) is 12.2 Å². The zero-order valence-electron chi connectivity index (χ0n) is 13.8. The number of hydrogen-bond acceptors (Lipinski definition) is 6. The van der Waals surface area contributed by atoms with Gasteiger partial charge in [-0.05, 0) is 26.6 Å². The molecule has 0 bridgehead atoms. The van der Waals surface area contributed by atoms with Crippen molar-refractivity contribution >= 4 is 21.4 Å². The Balaban J connectivity index is 2.03. The Labute approximate surface area is 137 Å². The Hall–Kier alpha value is -1.67. The van der Waals surface area contributed by atoms with Gasteiger partial charge in [0.2, 0.25) is 0 Å². The zero-order chi connectivity index (χ0) is 17.0. The van der Waals surface area contributed by atoms with Gasteiger partial charge in [-0.1, -0.05) is 0 Å². The summed E-state index contributed by atoms with van der Waals surface area (Å²) in [7, 11) is 2.79. The zero-order valence-corrected chi connectivity index (χ0v) is 14.6. The van der Waals surface area contributed by atoms with Gasteiger partial charge in [0.15, 0.2) is 9.84 Å². The summed E-state index contributed by atoms with van der Waals surface area (Å²) in [6.45, 7) is 1.32. The average molecular weight is 340 g/mol. The molecule has 0 radical (unpaired) electrons. The molecule has 1 N–H and O–H groups in total. The number of aromatic nitrogens is 1. The summed E-state index contributed by atoms with van der Waals surface area (Å²) in [6.07, 6.45) is 3.79. The fourth-order valence-corrected chi connectivity index (χ4v) is 4.31. The second-order valence-electron chi connectivity index (χ2n) is 6.16. The number of nitrogens with one attached hydrogen (secondary N) is 1. The van der Waals surface area contributed by atoms with Gasteiger partial charge in [0.1, 0.15) is 0 Å². The summed E-state index contributed by atoms with van der Waals surface area (Å²) >= 11 is 0. The third-order valence-corrected chi connectivity index (χ3v) is 5.74. The van der Waals surface area contributed by atoms with Crippen LogP contribution in [0.1, 0.15) is 16.8 Å². The highest BCUT2D eigenvalue weighted by atomic mass is 32.2. The van der Waals surface area contributed by atoms with Crippen molar-refractivity contribution in [3.8, 4) is 0 Å². The van der Waals surface area contributed by atoms with Gasteiger partial charge >= 0.3 is 0 Å². The fraction of sp³-hybridized carbons (Fsp3) is 0.600. The normalized spacial score (nSPS) is 19.7. The molecule has 7 nitrogen and oxygen atoms in total. The van der Waals surface area contributed by atoms with Gasteiger partial charge in [-0.25, -0.2) is 8.42 Å². The quantitative estimate of drug-likeness (QED) is 0.785. The van der Waals surface area contributed by atoms with Crippen LogP contribution in [-0.2, 0) is 9.84 Å². The molecule has 1 fully saturated rings. The SMILES string of the molecule is CN(C)CCNC(=O)c1cncc(N(C)C2CCS(=O)(=O)C2)c1. The number of pyridine rings is 1. The molecule has 23 heavy (non-hydrogen) atoms. The van der Waals surface area contributed by atoms with Gasteiger partial charge < -0.3 is 15.1 Å². The van der Waals surface area contributed by atoms with Crippen LogP contribution in [-0.4, -0.2) is 76.0 Å². The van der Waals surface area contributed by atoms with E-state index < -0.39 is 9.84 Å². The van der Waals surface area contributed by atoms with Crippen LogP contribution in [0.25, 0.3) is 0 Å². The van der Waals surface area contributed by atoms with Gasteiger partial charge in [0.05, 0.1) is 29.0 Å². The standard InChI is InChI=1S/C15H24N4O3S/c1-18(2)6-5-17-15(20)12-8-14(10-16-9-12)19(3)13-4-7-23(21,22)11-13/h8-10,13H,4-7,11H2,1-3H3,(H,17,20). The highest BCUT2D eigenvalue weighted by Crippen LogP contribution is 2.22. The topological polar surface area (TPSA) is 82.6 Å². The van der Waals surface area contributed by atoms with Crippen molar-refractivity contribution in [2.24, 2.45) is 0 Å². The van der Waals surface area contributed by atoms with E-state index in [1.54, 1.807) is 12.3 Å². The summed E-state index contributed by atoms with van der Waals surface area (Å²) in [5.41, 5.74) is 1.24. The summed E-state index contributed by atoms with van der Waals surface area (Å²) in [5.74, 6) is 0.205.